The molecule has 0 aliphatic carbocycles. The Morgan fingerprint density at radius 2 is 1.81 bits per heavy atom. The number of carbonyl (C=O) groups excluding carboxylic acids is 1. The third-order valence-corrected chi connectivity index (χ3v) is 2.89. The zero-order valence-corrected chi connectivity index (χ0v) is 9.69. The molecule has 0 spiro atoms. The first-order chi connectivity index (χ1) is 7.36. The highest BCUT2D eigenvalue weighted by Crippen LogP contribution is 2.39. The van der Waals surface area contributed by atoms with Gasteiger partial charge in [0.15, 0.2) is 11.4 Å². The van der Waals surface area contributed by atoms with E-state index in [2.05, 4.69) is 0 Å². The second kappa shape index (κ2) is 4.07. The lowest BCUT2D eigenvalue weighted by Gasteiger charge is -2.36. The maximum Gasteiger partial charge on any atom is 0.167 e. The van der Waals surface area contributed by atoms with Gasteiger partial charge in [-0.1, -0.05) is 30.3 Å². The van der Waals surface area contributed by atoms with Gasteiger partial charge in [0, 0.05) is 0 Å². The smallest absolute Gasteiger partial charge is 0.167 e. The molecule has 84 valence electrons. The Kier molecular flexibility index (Phi) is 3.16. The van der Waals surface area contributed by atoms with E-state index in [-0.39, 0.29) is 0 Å². The van der Waals surface area contributed by atoms with Crippen molar-refractivity contribution < 1.29 is 9.90 Å². The van der Waals surface area contributed by atoms with E-state index >= 15 is 0 Å². The van der Waals surface area contributed by atoms with Gasteiger partial charge in [-0.3, -0.25) is 4.79 Å². The molecule has 16 heavy (non-hydrogen) atoms. The number of nitrogens with zero attached hydrogens (tertiary/aromatic N) is 1. The van der Waals surface area contributed by atoms with Crippen molar-refractivity contribution in [1.82, 2.24) is 0 Å². The van der Waals surface area contributed by atoms with E-state index in [1.165, 1.54) is 6.92 Å². The Labute approximate surface area is 95.3 Å². The Hall–Kier alpha value is -1.66. The summed E-state index contributed by atoms with van der Waals surface area (Å²) in [6.45, 7) is 4.41. The summed E-state index contributed by atoms with van der Waals surface area (Å²) < 4.78 is 0. The second-order valence-corrected chi connectivity index (χ2v) is 4.37. The molecule has 3 nitrogen and oxygen atoms in total. The molecule has 1 unspecified atom stereocenters. The number of hydrogen-bond acceptors (Lipinski definition) is 3. The summed E-state index contributed by atoms with van der Waals surface area (Å²) in [6.07, 6.45) is 0. The molecule has 0 aromatic heterocycles. The van der Waals surface area contributed by atoms with Gasteiger partial charge < -0.3 is 5.11 Å². The molecule has 1 aromatic rings. The molecule has 0 amide bonds. The van der Waals surface area contributed by atoms with Gasteiger partial charge in [0.2, 0.25) is 0 Å². The summed E-state index contributed by atoms with van der Waals surface area (Å²) in [5, 5.41) is 19.6. The highest BCUT2D eigenvalue weighted by atomic mass is 16.3. The highest BCUT2D eigenvalue weighted by molar-refractivity contribution is 5.87. The van der Waals surface area contributed by atoms with Gasteiger partial charge in [0.25, 0.3) is 0 Å². The first kappa shape index (κ1) is 12.4. The van der Waals surface area contributed by atoms with Crippen molar-refractivity contribution >= 4 is 5.78 Å². The molecule has 3 heteroatoms. The quantitative estimate of drug-likeness (QED) is 0.842. The van der Waals surface area contributed by atoms with Crippen molar-refractivity contribution in [2.45, 2.75) is 26.4 Å². The summed E-state index contributed by atoms with van der Waals surface area (Å²) in [4.78, 5) is 11.7. The van der Waals surface area contributed by atoms with Crippen LogP contribution in [0.25, 0.3) is 0 Å². The number of rotatable bonds is 3. The molecule has 0 saturated carbocycles. The molecule has 1 atom stereocenters. The van der Waals surface area contributed by atoms with E-state index in [1.807, 2.05) is 6.07 Å². The topological polar surface area (TPSA) is 61.1 Å². The Bertz CT molecular complexity index is 431. The molecule has 0 radical (unpaired) electrons. The normalized spacial score (nSPS) is 14.9. The van der Waals surface area contributed by atoms with E-state index in [1.54, 1.807) is 44.2 Å². The number of benzene rings is 1. The van der Waals surface area contributed by atoms with Crippen molar-refractivity contribution in [2.75, 3.05) is 0 Å². The van der Waals surface area contributed by atoms with E-state index in [0.717, 1.165) is 0 Å². The lowest BCUT2D eigenvalue weighted by molar-refractivity contribution is -0.146. The summed E-state index contributed by atoms with van der Waals surface area (Å²) in [7, 11) is 0. The summed E-state index contributed by atoms with van der Waals surface area (Å²) >= 11 is 0. The van der Waals surface area contributed by atoms with Gasteiger partial charge in [-0.05, 0) is 26.3 Å². The van der Waals surface area contributed by atoms with Gasteiger partial charge in [0.1, 0.15) is 0 Å². The summed E-state index contributed by atoms with van der Waals surface area (Å²) in [5.74, 6) is -0.426. The molecule has 0 bridgehead atoms. The van der Waals surface area contributed by atoms with Crippen LogP contribution in [0, 0.1) is 16.7 Å². The SMILES string of the molecule is CC(=O)C(O)(c1ccccc1)C(C)(C)C#N. The first-order valence-electron chi connectivity index (χ1n) is 5.06. The molecular weight excluding hydrogens is 202 g/mol. The van der Waals surface area contributed by atoms with Gasteiger partial charge >= 0.3 is 0 Å². The molecule has 0 aliphatic rings. The molecule has 1 rings (SSSR count). The predicted octanol–water partition coefficient (Wildman–Crippen LogP) is 2.01. The van der Waals surface area contributed by atoms with Crippen LogP contribution in [0.3, 0.4) is 0 Å². The molecule has 0 saturated heterocycles. The molecule has 1 N–H and O–H groups in total. The zero-order valence-electron chi connectivity index (χ0n) is 9.69. The van der Waals surface area contributed by atoms with Crippen LogP contribution in [-0.2, 0) is 10.4 Å². The predicted molar refractivity (Wildman–Crippen MR) is 60.4 cm³/mol. The Morgan fingerprint density at radius 1 is 1.31 bits per heavy atom. The van der Waals surface area contributed by atoms with Crippen LogP contribution in [0.1, 0.15) is 26.3 Å². The van der Waals surface area contributed by atoms with E-state index in [4.69, 9.17) is 5.26 Å². The van der Waals surface area contributed by atoms with Gasteiger partial charge in [-0.25, -0.2) is 0 Å². The Balaban J connectivity index is 3.42. The van der Waals surface area contributed by atoms with Crippen molar-refractivity contribution in [3.63, 3.8) is 0 Å². The fourth-order valence-corrected chi connectivity index (χ4v) is 1.76. The standard InChI is InChI=1S/C13H15NO2/c1-10(15)13(16,12(2,3)9-14)11-7-5-4-6-8-11/h4-8,16H,1-3H3. The van der Waals surface area contributed by atoms with Crippen molar-refractivity contribution in [2.24, 2.45) is 5.41 Å². The number of aliphatic hydroxyl groups is 1. The van der Waals surface area contributed by atoms with Crippen LogP contribution in [0.5, 0.6) is 0 Å². The van der Waals surface area contributed by atoms with Crippen LogP contribution < -0.4 is 0 Å². The Morgan fingerprint density at radius 3 is 2.19 bits per heavy atom. The monoisotopic (exact) mass is 217 g/mol. The maximum atomic E-state index is 11.7. The van der Waals surface area contributed by atoms with E-state index in [9.17, 15) is 9.90 Å². The van der Waals surface area contributed by atoms with E-state index < -0.39 is 16.8 Å². The largest absolute Gasteiger partial charge is 0.376 e. The molecule has 1 aromatic carbocycles. The van der Waals surface area contributed by atoms with Gasteiger partial charge in [0.05, 0.1) is 11.5 Å². The lowest BCUT2D eigenvalue weighted by Crippen LogP contribution is -2.46. The molecule has 0 fully saturated rings. The van der Waals surface area contributed by atoms with Crippen molar-refractivity contribution in [1.29, 1.82) is 5.26 Å². The fourth-order valence-electron chi connectivity index (χ4n) is 1.76. The summed E-state index contributed by atoms with van der Waals surface area (Å²) in [6, 6.07) is 10.6. The minimum Gasteiger partial charge on any atom is -0.376 e. The number of carbonyl (C=O) groups is 1. The highest BCUT2D eigenvalue weighted by Gasteiger charge is 2.49. The summed E-state index contributed by atoms with van der Waals surface area (Å²) in [5.41, 5.74) is -2.47. The van der Waals surface area contributed by atoms with Crippen LogP contribution in [-0.4, -0.2) is 10.9 Å². The minimum atomic E-state index is -1.76. The maximum absolute atomic E-state index is 11.7. The average molecular weight is 217 g/mol. The molecule has 0 heterocycles. The molecule has 0 aliphatic heterocycles. The van der Waals surface area contributed by atoms with Crippen LogP contribution in [0.4, 0.5) is 0 Å². The lowest BCUT2D eigenvalue weighted by atomic mass is 9.69. The minimum absolute atomic E-state index is 0.426. The van der Waals surface area contributed by atoms with E-state index in [0.29, 0.717) is 5.56 Å². The number of Topliss-reactive ketones (excluding diaryl/α,β-unsaturated/α-hetero) is 1. The van der Waals surface area contributed by atoms with Gasteiger partial charge in [-0.2, -0.15) is 5.26 Å². The third kappa shape index (κ3) is 1.72. The van der Waals surface area contributed by atoms with Crippen LogP contribution in [0.2, 0.25) is 0 Å². The average Bonchev–Trinajstić information content (AvgIpc) is 2.28. The zero-order chi connectivity index (χ0) is 12.4. The van der Waals surface area contributed by atoms with Crippen molar-refractivity contribution in [3.8, 4) is 6.07 Å². The number of nitriles is 1. The number of hydrogen-bond donors (Lipinski definition) is 1. The third-order valence-electron chi connectivity index (χ3n) is 2.89. The second-order valence-electron chi connectivity index (χ2n) is 4.37. The van der Waals surface area contributed by atoms with Crippen molar-refractivity contribution in [3.05, 3.63) is 35.9 Å². The van der Waals surface area contributed by atoms with Gasteiger partial charge in [-0.15, -0.1) is 0 Å². The first-order valence-corrected chi connectivity index (χ1v) is 5.06. The van der Waals surface area contributed by atoms with Crippen LogP contribution >= 0.6 is 0 Å². The number of ketones is 1. The van der Waals surface area contributed by atoms with Crippen LogP contribution in [0.15, 0.2) is 30.3 Å². The molecular formula is C13H15NO2. The fraction of sp³-hybridized carbons (Fsp3) is 0.385.